The summed E-state index contributed by atoms with van der Waals surface area (Å²) >= 11 is 1.52. The van der Waals surface area contributed by atoms with E-state index in [-0.39, 0.29) is 0 Å². The molecule has 1 saturated heterocycles. The largest absolute Gasteiger partial charge is 0.411 e. The van der Waals surface area contributed by atoms with Gasteiger partial charge < -0.3 is 9.15 Å². The van der Waals surface area contributed by atoms with E-state index in [1.807, 2.05) is 12.1 Å². The Kier molecular flexibility index (Phi) is 2.59. The average Bonchev–Trinajstić information content (AvgIpc) is 3.05. The van der Waals surface area contributed by atoms with Gasteiger partial charge in [-0.2, -0.15) is 0 Å². The Bertz CT molecular complexity index is 470. The van der Waals surface area contributed by atoms with E-state index in [0.717, 1.165) is 17.9 Å². The Labute approximate surface area is 96.2 Å². The zero-order valence-corrected chi connectivity index (χ0v) is 9.18. The molecule has 0 saturated carbocycles. The second-order valence-corrected chi connectivity index (χ2v) is 4.35. The molecule has 3 rings (SSSR count). The van der Waals surface area contributed by atoms with Crippen LogP contribution >= 0.6 is 11.8 Å². The Morgan fingerprint density at radius 3 is 3.12 bits per heavy atom. The van der Waals surface area contributed by atoms with Crippen molar-refractivity contribution in [2.75, 3.05) is 12.4 Å². The maximum absolute atomic E-state index is 5.49. The standard InChI is InChI=1S/C10H9N3O2S/c1-2-7(4-11-3-1)9-12-13-10(15-9)16-6-8-5-14-8/h1-4,8H,5-6H2. The molecule has 0 aliphatic carbocycles. The summed E-state index contributed by atoms with van der Waals surface area (Å²) in [6.07, 6.45) is 3.77. The van der Waals surface area contributed by atoms with Gasteiger partial charge in [-0.1, -0.05) is 11.8 Å². The summed E-state index contributed by atoms with van der Waals surface area (Å²) in [5.41, 5.74) is 0.838. The Morgan fingerprint density at radius 1 is 1.44 bits per heavy atom. The first-order valence-electron chi connectivity index (χ1n) is 4.90. The monoisotopic (exact) mass is 235 g/mol. The summed E-state index contributed by atoms with van der Waals surface area (Å²) in [5.74, 6) is 1.38. The van der Waals surface area contributed by atoms with Crippen LogP contribution in [0.2, 0.25) is 0 Å². The minimum Gasteiger partial charge on any atom is -0.411 e. The van der Waals surface area contributed by atoms with Gasteiger partial charge in [-0.05, 0) is 12.1 Å². The third-order valence-electron chi connectivity index (χ3n) is 2.11. The van der Waals surface area contributed by atoms with Crippen LogP contribution in [0.3, 0.4) is 0 Å². The van der Waals surface area contributed by atoms with E-state index >= 15 is 0 Å². The maximum atomic E-state index is 5.49. The van der Waals surface area contributed by atoms with Crippen LogP contribution in [0, 0.1) is 0 Å². The van der Waals surface area contributed by atoms with E-state index in [9.17, 15) is 0 Å². The zero-order chi connectivity index (χ0) is 10.8. The van der Waals surface area contributed by atoms with Crippen molar-refractivity contribution in [3.8, 4) is 11.5 Å². The van der Waals surface area contributed by atoms with Crippen molar-refractivity contribution in [1.29, 1.82) is 0 Å². The molecule has 6 heteroatoms. The smallest absolute Gasteiger partial charge is 0.276 e. The molecular formula is C10H9N3O2S. The van der Waals surface area contributed by atoms with Gasteiger partial charge in [-0.25, -0.2) is 0 Å². The normalized spacial score (nSPS) is 18.6. The van der Waals surface area contributed by atoms with E-state index < -0.39 is 0 Å². The zero-order valence-electron chi connectivity index (χ0n) is 8.37. The molecule has 0 N–H and O–H groups in total. The second kappa shape index (κ2) is 4.23. The molecule has 0 spiro atoms. The highest BCUT2D eigenvalue weighted by Crippen LogP contribution is 2.25. The van der Waals surface area contributed by atoms with Crippen molar-refractivity contribution < 1.29 is 9.15 Å². The molecule has 0 amide bonds. The van der Waals surface area contributed by atoms with Crippen LogP contribution in [0.4, 0.5) is 0 Å². The first-order valence-corrected chi connectivity index (χ1v) is 5.89. The fourth-order valence-corrected chi connectivity index (χ4v) is 1.96. The number of hydrogen-bond donors (Lipinski definition) is 0. The number of epoxide rings is 1. The van der Waals surface area contributed by atoms with Gasteiger partial charge >= 0.3 is 0 Å². The van der Waals surface area contributed by atoms with Crippen LogP contribution in [0.15, 0.2) is 34.2 Å². The molecule has 0 bridgehead atoms. The highest BCUT2D eigenvalue weighted by Gasteiger charge is 2.23. The molecule has 5 nitrogen and oxygen atoms in total. The van der Waals surface area contributed by atoms with Crippen molar-refractivity contribution in [2.45, 2.75) is 11.3 Å². The molecule has 1 aliphatic heterocycles. The fourth-order valence-electron chi connectivity index (χ4n) is 1.20. The molecule has 2 aromatic rings. The maximum Gasteiger partial charge on any atom is 0.276 e. The highest BCUT2D eigenvalue weighted by molar-refractivity contribution is 7.99. The van der Waals surface area contributed by atoms with Gasteiger partial charge in [0, 0.05) is 18.1 Å². The third kappa shape index (κ3) is 2.23. The Balaban J connectivity index is 1.71. The number of hydrogen-bond acceptors (Lipinski definition) is 6. The first kappa shape index (κ1) is 9.80. The van der Waals surface area contributed by atoms with E-state index in [4.69, 9.17) is 9.15 Å². The third-order valence-corrected chi connectivity index (χ3v) is 3.06. The van der Waals surface area contributed by atoms with Crippen molar-refractivity contribution >= 4 is 11.8 Å². The van der Waals surface area contributed by atoms with E-state index in [1.165, 1.54) is 11.8 Å². The molecule has 0 aromatic carbocycles. The molecule has 3 heterocycles. The van der Waals surface area contributed by atoms with E-state index in [2.05, 4.69) is 15.2 Å². The van der Waals surface area contributed by atoms with Crippen LogP contribution in [0.25, 0.3) is 11.5 Å². The summed E-state index contributed by atoms with van der Waals surface area (Å²) in [5, 5.41) is 8.50. The number of pyridine rings is 1. The average molecular weight is 235 g/mol. The molecule has 2 aromatic heterocycles. The topological polar surface area (TPSA) is 64.3 Å². The van der Waals surface area contributed by atoms with Crippen molar-refractivity contribution in [1.82, 2.24) is 15.2 Å². The lowest BCUT2D eigenvalue weighted by molar-refractivity contribution is 0.424. The molecule has 0 radical (unpaired) electrons. The molecule has 82 valence electrons. The van der Waals surface area contributed by atoms with Gasteiger partial charge in [0.25, 0.3) is 5.22 Å². The minimum absolute atomic E-state index is 0.360. The van der Waals surface area contributed by atoms with Crippen molar-refractivity contribution in [3.63, 3.8) is 0 Å². The van der Waals surface area contributed by atoms with Crippen LogP contribution in [0.5, 0.6) is 0 Å². The predicted molar refractivity (Wildman–Crippen MR) is 58.0 cm³/mol. The molecule has 1 unspecified atom stereocenters. The second-order valence-electron chi connectivity index (χ2n) is 3.38. The number of ether oxygens (including phenoxy) is 1. The molecule has 1 aliphatic rings. The number of nitrogens with zero attached hydrogens (tertiary/aromatic N) is 3. The van der Waals surface area contributed by atoms with Crippen LogP contribution in [-0.4, -0.2) is 33.6 Å². The predicted octanol–water partition coefficient (Wildman–Crippen LogP) is 1.62. The van der Waals surface area contributed by atoms with Gasteiger partial charge in [-0.15, -0.1) is 10.2 Å². The fraction of sp³-hybridized carbons (Fsp3) is 0.300. The van der Waals surface area contributed by atoms with E-state index in [1.54, 1.807) is 12.4 Å². The van der Waals surface area contributed by atoms with Gasteiger partial charge in [0.15, 0.2) is 0 Å². The van der Waals surface area contributed by atoms with Crippen LogP contribution < -0.4 is 0 Å². The number of rotatable bonds is 4. The molecule has 1 atom stereocenters. The van der Waals surface area contributed by atoms with Crippen molar-refractivity contribution in [3.05, 3.63) is 24.5 Å². The Morgan fingerprint density at radius 2 is 2.38 bits per heavy atom. The number of thioether (sulfide) groups is 1. The van der Waals surface area contributed by atoms with Crippen LogP contribution in [-0.2, 0) is 4.74 Å². The van der Waals surface area contributed by atoms with Crippen molar-refractivity contribution in [2.24, 2.45) is 0 Å². The van der Waals surface area contributed by atoms with Gasteiger partial charge in [0.05, 0.1) is 18.3 Å². The lowest BCUT2D eigenvalue weighted by Crippen LogP contribution is -1.87. The Hall–Kier alpha value is -1.40. The summed E-state index contributed by atoms with van der Waals surface area (Å²) in [6.45, 7) is 0.844. The first-order chi connectivity index (χ1) is 7.92. The minimum atomic E-state index is 0.360. The van der Waals surface area contributed by atoms with Gasteiger partial charge in [0.1, 0.15) is 0 Å². The summed E-state index contributed by atoms with van der Waals surface area (Å²) < 4.78 is 10.6. The van der Waals surface area contributed by atoms with Gasteiger partial charge in [-0.3, -0.25) is 4.98 Å². The molecular weight excluding hydrogens is 226 g/mol. The summed E-state index contributed by atoms with van der Waals surface area (Å²) in [7, 11) is 0. The summed E-state index contributed by atoms with van der Waals surface area (Å²) in [4.78, 5) is 4.00. The van der Waals surface area contributed by atoms with Crippen LogP contribution in [0.1, 0.15) is 0 Å². The highest BCUT2D eigenvalue weighted by atomic mass is 32.2. The SMILES string of the molecule is c1cncc(-c2nnc(SCC3CO3)o2)c1. The number of aromatic nitrogens is 3. The lowest BCUT2D eigenvalue weighted by atomic mass is 10.3. The van der Waals surface area contributed by atoms with E-state index in [0.29, 0.717) is 17.2 Å². The lowest BCUT2D eigenvalue weighted by Gasteiger charge is -1.92. The molecule has 16 heavy (non-hydrogen) atoms. The quantitative estimate of drug-likeness (QED) is 0.592. The summed E-state index contributed by atoms with van der Waals surface area (Å²) in [6, 6.07) is 3.73. The van der Waals surface area contributed by atoms with Gasteiger partial charge in [0.2, 0.25) is 5.89 Å². The molecule has 1 fully saturated rings.